The average Bonchev–Trinajstić information content (AvgIpc) is 2.05. The van der Waals surface area contributed by atoms with Gasteiger partial charge in [-0.2, -0.15) is 0 Å². The van der Waals surface area contributed by atoms with E-state index in [0.29, 0.717) is 13.0 Å². The summed E-state index contributed by atoms with van der Waals surface area (Å²) >= 11 is 0. The normalized spacial score (nSPS) is 39.4. The van der Waals surface area contributed by atoms with E-state index >= 15 is 0 Å². The molecule has 1 aliphatic heterocycles. The van der Waals surface area contributed by atoms with Gasteiger partial charge in [-0.15, -0.1) is 0 Å². The van der Waals surface area contributed by atoms with Crippen molar-refractivity contribution in [3.05, 3.63) is 0 Å². The lowest BCUT2D eigenvalue weighted by Gasteiger charge is -2.14. The third kappa shape index (κ3) is 1.70. The van der Waals surface area contributed by atoms with Crippen LogP contribution >= 0.6 is 0 Å². The Bertz CT molecular complexity index is 179. The Kier molecular flexibility index (Phi) is 1.90. The third-order valence-electron chi connectivity index (χ3n) is 2.04. The molecule has 0 bridgehead atoms. The SMILES string of the molecule is CN1C[C@](C)(O)C[C@H]1C(=O)O. The number of carboxylic acids is 1. The molecule has 0 radical (unpaired) electrons. The number of likely N-dealkylation sites (N-methyl/N-ethyl adjacent to an activating group) is 1. The van der Waals surface area contributed by atoms with Gasteiger partial charge in [-0.25, -0.2) is 0 Å². The highest BCUT2D eigenvalue weighted by atomic mass is 16.4. The number of carbonyl (C=O) groups is 1. The van der Waals surface area contributed by atoms with E-state index in [-0.39, 0.29) is 0 Å². The molecule has 4 nitrogen and oxygen atoms in total. The van der Waals surface area contributed by atoms with Crippen molar-refractivity contribution in [1.29, 1.82) is 0 Å². The smallest absolute Gasteiger partial charge is 0.321 e. The van der Waals surface area contributed by atoms with Crippen molar-refractivity contribution in [2.45, 2.75) is 25.0 Å². The van der Waals surface area contributed by atoms with Crippen LogP contribution in [0.25, 0.3) is 0 Å². The summed E-state index contributed by atoms with van der Waals surface area (Å²) in [7, 11) is 1.71. The van der Waals surface area contributed by atoms with Crippen LogP contribution in [0, 0.1) is 0 Å². The lowest BCUT2D eigenvalue weighted by atomic mass is 10.0. The molecule has 4 heteroatoms. The Balaban J connectivity index is 2.66. The van der Waals surface area contributed by atoms with Crippen molar-refractivity contribution < 1.29 is 15.0 Å². The fourth-order valence-electron chi connectivity index (χ4n) is 1.56. The largest absolute Gasteiger partial charge is 0.480 e. The van der Waals surface area contributed by atoms with Crippen LogP contribution in [0.3, 0.4) is 0 Å². The van der Waals surface area contributed by atoms with Gasteiger partial charge >= 0.3 is 5.97 Å². The predicted octanol–water partition coefficient (Wildman–Crippen LogP) is -0.474. The molecular formula is C7H13NO3. The quantitative estimate of drug-likeness (QED) is 0.543. The summed E-state index contributed by atoms with van der Waals surface area (Å²) in [6.45, 7) is 2.09. The number of aliphatic hydroxyl groups is 1. The summed E-state index contributed by atoms with van der Waals surface area (Å²) in [5.74, 6) is -0.856. The minimum absolute atomic E-state index is 0.318. The first-order valence-electron chi connectivity index (χ1n) is 3.58. The number of hydrogen-bond acceptors (Lipinski definition) is 3. The fourth-order valence-corrected chi connectivity index (χ4v) is 1.56. The topological polar surface area (TPSA) is 60.8 Å². The Morgan fingerprint density at radius 3 is 2.45 bits per heavy atom. The number of carboxylic acid groups (broad SMARTS) is 1. The van der Waals surface area contributed by atoms with Crippen LogP contribution in [0.5, 0.6) is 0 Å². The molecule has 1 saturated heterocycles. The minimum Gasteiger partial charge on any atom is -0.480 e. The third-order valence-corrected chi connectivity index (χ3v) is 2.04. The first-order valence-corrected chi connectivity index (χ1v) is 3.58. The van der Waals surface area contributed by atoms with Crippen molar-refractivity contribution in [2.75, 3.05) is 13.6 Å². The van der Waals surface area contributed by atoms with Crippen LogP contribution in [0.1, 0.15) is 13.3 Å². The molecule has 0 aliphatic carbocycles. The van der Waals surface area contributed by atoms with Crippen LogP contribution in [0.4, 0.5) is 0 Å². The standard InChI is InChI=1S/C7H13NO3/c1-7(11)3-5(6(9)10)8(2)4-7/h5,11H,3-4H2,1-2H3,(H,9,10)/t5-,7+/m0/s1. The zero-order valence-electron chi connectivity index (χ0n) is 6.74. The van der Waals surface area contributed by atoms with Crippen molar-refractivity contribution >= 4 is 5.97 Å². The highest BCUT2D eigenvalue weighted by molar-refractivity contribution is 5.74. The van der Waals surface area contributed by atoms with E-state index in [4.69, 9.17) is 5.11 Å². The molecule has 0 saturated carbocycles. The Hall–Kier alpha value is -0.610. The molecule has 0 amide bonds. The van der Waals surface area contributed by atoms with Gasteiger partial charge in [-0.3, -0.25) is 9.69 Å². The number of hydrogen-bond donors (Lipinski definition) is 2. The molecule has 0 unspecified atom stereocenters. The van der Waals surface area contributed by atoms with E-state index in [0.717, 1.165) is 0 Å². The first kappa shape index (κ1) is 8.49. The molecule has 11 heavy (non-hydrogen) atoms. The van der Waals surface area contributed by atoms with Gasteiger partial charge in [0.05, 0.1) is 5.60 Å². The Morgan fingerprint density at radius 1 is 1.73 bits per heavy atom. The number of rotatable bonds is 1. The zero-order valence-corrected chi connectivity index (χ0v) is 6.74. The summed E-state index contributed by atoms with van der Waals surface area (Å²) in [5.41, 5.74) is -0.836. The van der Waals surface area contributed by atoms with Gasteiger partial charge in [0.25, 0.3) is 0 Å². The van der Waals surface area contributed by atoms with Gasteiger partial charge in [0.15, 0.2) is 0 Å². The number of β-amino-alcohol motifs (C(OH)–C–C–N with tert-alkyl or cyclic N) is 1. The van der Waals surface area contributed by atoms with Gasteiger partial charge in [0.2, 0.25) is 0 Å². The molecule has 1 aliphatic rings. The lowest BCUT2D eigenvalue weighted by Crippen LogP contribution is -2.32. The lowest BCUT2D eigenvalue weighted by molar-refractivity contribution is -0.141. The Labute approximate surface area is 65.4 Å². The van der Waals surface area contributed by atoms with Gasteiger partial charge in [-0.1, -0.05) is 0 Å². The molecule has 1 heterocycles. The van der Waals surface area contributed by atoms with Crippen LogP contribution in [0.2, 0.25) is 0 Å². The predicted molar refractivity (Wildman–Crippen MR) is 39.3 cm³/mol. The van der Waals surface area contributed by atoms with Crippen LogP contribution in [-0.2, 0) is 4.79 Å². The fraction of sp³-hybridized carbons (Fsp3) is 0.857. The van der Waals surface area contributed by atoms with E-state index in [1.54, 1.807) is 18.9 Å². The number of nitrogens with zero attached hydrogens (tertiary/aromatic N) is 1. The monoisotopic (exact) mass is 159 g/mol. The maximum atomic E-state index is 10.5. The number of likely N-dealkylation sites (tertiary alicyclic amines) is 1. The highest BCUT2D eigenvalue weighted by Crippen LogP contribution is 2.24. The van der Waals surface area contributed by atoms with E-state index in [1.807, 2.05) is 0 Å². The zero-order chi connectivity index (χ0) is 8.65. The first-order chi connectivity index (χ1) is 4.92. The van der Waals surface area contributed by atoms with E-state index < -0.39 is 17.6 Å². The van der Waals surface area contributed by atoms with E-state index in [1.165, 1.54) is 0 Å². The van der Waals surface area contributed by atoms with Gasteiger partial charge in [0, 0.05) is 13.0 Å². The second kappa shape index (κ2) is 2.46. The van der Waals surface area contributed by atoms with E-state index in [2.05, 4.69) is 0 Å². The molecule has 0 spiro atoms. The second-order valence-corrected chi connectivity index (χ2v) is 3.47. The van der Waals surface area contributed by atoms with Crippen LogP contribution < -0.4 is 0 Å². The molecule has 1 fully saturated rings. The van der Waals surface area contributed by atoms with Crippen molar-refractivity contribution in [3.8, 4) is 0 Å². The second-order valence-electron chi connectivity index (χ2n) is 3.47. The van der Waals surface area contributed by atoms with Gasteiger partial charge in [0.1, 0.15) is 6.04 Å². The summed E-state index contributed by atoms with van der Waals surface area (Å²) in [6.07, 6.45) is 0.318. The summed E-state index contributed by atoms with van der Waals surface area (Å²) in [4.78, 5) is 12.2. The average molecular weight is 159 g/mol. The molecule has 2 atom stereocenters. The maximum absolute atomic E-state index is 10.5. The summed E-state index contributed by atoms with van der Waals surface area (Å²) < 4.78 is 0. The molecule has 64 valence electrons. The number of aliphatic carboxylic acids is 1. The molecular weight excluding hydrogens is 146 g/mol. The maximum Gasteiger partial charge on any atom is 0.321 e. The molecule has 0 aromatic carbocycles. The van der Waals surface area contributed by atoms with Crippen molar-refractivity contribution in [3.63, 3.8) is 0 Å². The molecule has 2 N–H and O–H groups in total. The van der Waals surface area contributed by atoms with Crippen molar-refractivity contribution in [2.24, 2.45) is 0 Å². The van der Waals surface area contributed by atoms with Crippen molar-refractivity contribution in [1.82, 2.24) is 4.90 Å². The summed E-state index contributed by atoms with van der Waals surface area (Å²) in [5, 5.41) is 18.1. The summed E-state index contributed by atoms with van der Waals surface area (Å²) in [6, 6.07) is -0.523. The highest BCUT2D eigenvalue weighted by Gasteiger charge is 2.40. The molecule has 1 rings (SSSR count). The van der Waals surface area contributed by atoms with Gasteiger partial charge in [-0.05, 0) is 14.0 Å². The Morgan fingerprint density at radius 2 is 2.27 bits per heavy atom. The van der Waals surface area contributed by atoms with Crippen LogP contribution in [0.15, 0.2) is 0 Å². The molecule has 0 aromatic rings. The van der Waals surface area contributed by atoms with Gasteiger partial charge < -0.3 is 10.2 Å². The van der Waals surface area contributed by atoms with E-state index in [9.17, 15) is 9.90 Å². The minimum atomic E-state index is -0.856. The van der Waals surface area contributed by atoms with Crippen LogP contribution in [-0.4, -0.2) is 46.3 Å². The molecule has 0 aromatic heterocycles.